The molecule has 1 amide bonds. The first-order valence-corrected chi connectivity index (χ1v) is 6.54. The Morgan fingerprint density at radius 3 is 2.90 bits per heavy atom. The van der Waals surface area contributed by atoms with Gasteiger partial charge in [-0.15, -0.1) is 0 Å². The van der Waals surface area contributed by atoms with E-state index in [9.17, 15) is 13.6 Å². The van der Waals surface area contributed by atoms with Crippen molar-refractivity contribution in [3.05, 3.63) is 30.1 Å². The van der Waals surface area contributed by atoms with Gasteiger partial charge in [-0.1, -0.05) is 6.92 Å². The molecule has 0 unspecified atom stereocenters. The fourth-order valence-electron chi connectivity index (χ4n) is 1.93. The minimum atomic E-state index is -2.61. The summed E-state index contributed by atoms with van der Waals surface area (Å²) < 4.78 is 26.9. The molecule has 0 saturated heterocycles. The summed E-state index contributed by atoms with van der Waals surface area (Å²) in [6.07, 6.45) is -0.101. The lowest BCUT2D eigenvalue weighted by atomic mass is 10.2. The molecule has 6 heteroatoms. The van der Waals surface area contributed by atoms with Crippen LogP contribution in [0.15, 0.2) is 24.4 Å². The summed E-state index contributed by atoms with van der Waals surface area (Å²) in [5.41, 5.74) is 0.349. The van der Waals surface area contributed by atoms with E-state index in [0.717, 1.165) is 6.42 Å². The van der Waals surface area contributed by atoms with E-state index in [4.69, 9.17) is 0 Å². The Hall–Kier alpha value is -1.98. The zero-order chi connectivity index (χ0) is 14.7. The molecule has 0 radical (unpaired) electrons. The van der Waals surface area contributed by atoms with Crippen molar-refractivity contribution in [2.45, 2.75) is 39.3 Å². The summed E-state index contributed by atoms with van der Waals surface area (Å²) >= 11 is 0. The van der Waals surface area contributed by atoms with Gasteiger partial charge in [0.1, 0.15) is 18.1 Å². The molecule has 4 nitrogen and oxygen atoms in total. The first-order chi connectivity index (χ1) is 9.51. The van der Waals surface area contributed by atoms with Gasteiger partial charge in [0.05, 0.1) is 0 Å². The number of carbonyl (C=O) groups is 1. The van der Waals surface area contributed by atoms with E-state index in [-0.39, 0.29) is 24.2 Å². The monoisotopic (exact) mass is 281 g/mol. The maximum atomic E-state index is 12.7. The summed E-state index contributed by atoms with van der Waals surface area (Å²) in [4.78, 5) is 15.8. The number of rotatable bonds is 5. The number of hydrogen-bond acceptors (Lipinski definition) is 2. The summed E-state index contributed by atoms with van der Waals surface area (Å²) in [6.45, 7) is 3.96. The van der Waals surface area contributed by atoms with Crippen LogP contribution in [0.3, 0.4) is 0 Å². The molecular formula is C14H17F2N3O. The van der Waals surface area contributed by atoms with Gasteiger partial charge in [0.15, 0.2) is 0 Å². The number of hydrogen-bond donors (Lipinski definition) is 1. The lowest BCUT2D eigenvalue weighted by Gasteiger charge is -2.14. The molecule has 0 aromatic carbocycles. The Balaban J connectivity index is 2.20. The summed E-state index contributed by atoms with van der Waals surface area (Å²) in [6, 6.07) is 4.86. The largest absolute Gasteiger partial charge is 0.352 e. The number of aromatic nitrogens is 2. The van der Waals surface area contributed by atoms with Gasteiger partial charge >= 0.3 is 0 Å². The van der Waals surface area contributed by atoms with Crippen LogP contribution in [0, 0.1) is 0 Å². The van der Waals surface area contributed by atoms with Crippen LogP contribution in [0.5, 0.6) is 0 Å². The Morgan fingerprint density at radius 2 is 2.25 bits per heavy atom. The molecule has 0 fully saturated rings. The van der Waals surface area contributed by atoms with Gasteiger partial charge in [-0.25, -0.2) is 13.8 Å². The van der Waals surface area contributed by atoms with E-state index in [2.05, 4.69) is 10.3 Å². The molecule has 0 aromatic rings. The molecule has 2 rings (SSSR count). The molecule has 1 N–H and O–H groups in total. The predicted molar refractivity (Wildman–Crippen MR) is 71.7 cm³/mol. The van der Waals surface area contributed by atoms with Crippen LogP contribution < -0.4 is 5.32 Å². The van der Waals surface area contributed by atoms with Crippen molar-refractivity contribution >= 4 is 5.91 Å². The molecule has 2 heterocycles. The Morgan fingerprint density at radius 1 is 1.50 bits per heavy atom. The van der Waals surface area contributed by atoms with Crippen molar-refractivity contribution in [3.63, 3.8) is 0 Å². The third-order valence-corrected chi connectivity index (χ3v) is 3.17. The zero-order valence-electron chi connectivity index (χ0n) is 11.4. The fourth-order valence-corrected chi connectivity index (χ4v) is 1.93. The highest BCUT2D eigenvalue weighted by Crippen LogP contribution is 2.27. The number of nitrogens with one attached hydrogen (secondary N) is 1. The van der Waals surface area contributed by atoms with Crippen molar-refractivity contribution in [3.8, 4) is 11.4 Å². The second-order valence-electron chi connectivity index (χ2n) is 4.77. The van der Waals surface area contributed by atoms with Gasteiger partial charge in [0, 0.05) is 17.8 Å². The van der Waals surface area contributed by atoms with E-state index >= 15 is 0 Å². The van der Waals surface area contributed by atoms with Crippen molar-refractivity contribution in [1.82, 2.24) is 14.9 Å². The second kappa shape index (κ2) is 5.98. The van der Waals surface area contributed by atoms with Gasteiger partial charge in [-0.2, -0.15) is 0 Å². The van der Waals surface area contributed by atoms with Crippen LogP contribution in [0.1, 0.15) is 32.4 Å². The number of fused-ring (bicyclic) bond motifs is 1. The SMILES string of the molecule is CC[C@H](C)NC(=O)Cn1cccc2cc(C(F)F)nc1-2. The number of amides is 1. The number of alkyl halides is 2. The van der Waals surface area contributed by atoms with Crippen molar-refractivity contribution < 1.29 is 13.6 Å². The lowest BCUT2D eigenvalue weighted by molar-refractivity contribution is -0.122. The number of halogens is 2. The van der Waals surface area contributed by atoms with Gasteiger partial charge in [0.25, 0.3) is 6.43 Å². The summed E-state index contributed by atoms with van der Waals surface area (Å²) in [5, 5.41) is 2.84. The summed E-state index contributed by atoms with van der Waals surface area (Å²) in [7, 11) is 0. The van der Waals surface area contributed by atoms with Gasteiger partial charge in [-0.3, -0.25) is 4.79 Å². The van der Waals surface area contributed by atoms with Crippen LogP contribution in [-0.4, -0.2) is 21.5 Å². The first-order valence-electron chi connectivity index (χ1n) is 6.54. The topological polar surface area (TPSA) is 46.9 Å². The van der Waals surface area contributed by atoms with Crippen LogP contribution in [0.25, 0.3) is 11.4 Å². The highest BCUT2D eigenvalue weighted by Gasteiger charge is 2.18. The molecule has 2 aliphatic heterocycles. The fraction of sp³-hybridized carbons (Fsp3) is 0.429. The molecule has 108 valence electrons. The van der Waals surface area contributed by atoms with E-state index in [0.29, 0.717) is 11.4 Å². The molecule has 0 saturated carbocycles. The molecule has 20 heavy (non-hydrogen) atoms. The first kappa shape index (κ1) is 14.4. The zero-order valence-corrected chi connectivity index (χ0v) is 11.4. The van der Waals surface area contributed by atoms with Crippen LogP contribution in [0.4, 0.5) is 8.78 Å². The second-order valence-corrected chi connectivity index (χ2v) is 4.77. The molecular weight excluding hydrogens is 264 g/mol. The third kappa shape index (κ3) is 3.12. The minimum absolute atomic E-state index is 0.0708. The lowest BCUT2D eigenvalue weighted by Crippen LogP contribution is -2.34. The average molecular weight is 281 g/mol. The smallest absolute Gasteiger partial charge is 0.280 e. The van der Waals surface area contributed by atoms with Crippen LogP contribution >= 0.6 is 0 Å². The van der Waals surface area contributed by atoms with Gasteiger partial charge in [0.2, 0.25) is 5.91 Å². The van der Waals surface area contributed by atoms with E-state index in [1.165, 1.54) is 6.07 Å². The quantitative estimate of drug-likeness (QED) is 0.916. The Bertz CT molecular complexity index is 568. The van der Waals surface area contributed by atoms with Crippen LogP contribution in [-0.2, 0) is 11.3 Å². The number of nitrogens with zero attached hydrogens (tertiary/aromatic N) is 2. The highest BCUT2D eigenvalue weighted by molar-refractivity contribution is 5.77. The third-order valence-electron chi connectivity index (χ3n) is 3.17. The standard InChI is InChI=1S/C14H17F2N3O/c1-3-9(2)17-12(20)8-19-6-4-5-10-7-11(13(15)16)18-14(10)19/h4-7,9,13H,3,8H2,1-2H3,(H,17,20)/t9-/m0/s1. The molecule has 0 spiro atoms. The average Bonchev–Trinajstić information content (AvgIpc) is 2.83. The Kier molecular flexibility index (Phi) is 4.32. The summed E-state index contributed by atoms with van der Waals surface area (Å²) in [5.74, 6) is 0.251. The van der Waals surface area contributed by atoms with E-state index in [1.807, 2.05) is 13.8 Å². The van der Waals surface area contributed by atoms with Crippen molar-refractivity contribution in [2.24, 2.45) is 0 Å². The predicted octanol–water partition coefficient (Wildman–Crippen LogP) is 2.84. The maximum Gasteiger partial charge on any atom is 0.280 e. The molecule has 0 aromatic heterocycles. The molecule has 2 aliphatic rings. The van der Waals surface area contributed by atoms with E-state index < -0.39 is 6.43 Å². The normalized spacial score (nSPS) is 12.8. The van der Waals surface area contributed by atoms with Gasteiger partial charge in [-0.05, 0) is 31.5 Å². The van der Waals surface area contributed by atoms with Gasteiger partial charge < -0.3 is 9.88 Å². The number of carbonyl (C=O) groups excluding carboxylic acids is 1. The molecule has 0 bridgehead atoms. The van der Waals surface area contributed by atoms with Crippen molar-refractivity contribution in [1.29, 1.82) is 0 Å². The highest BCUT2D eigenvalue weighted by atomic mass is 19.3. The number of pyridine rings is 1. The molecule has 1 atom stereocenters. The Labute approximate surface area is 116 Å². The molecule has 0 aliphatic carbocycles. The minimum Gasteiger partial charge on any atom is -0.352 e. The van der Waals surface area contributed by atoms with Crippen LogP contribution in [0.2, 0.25) is 0 Å². The van der Waals surface area contributed by atoms with E-state index in [1.54, 1.807) is 22.9 Å². The van der Waals surface area contributed by atoms with Crippen molar-refractivity contribution in [2.75, 3.05) is 0 Å². The maximum absolute atomic E-state index is 12.7.